The molecule has 0 unspecified atom stereocenters. The Bertz CT molecular complexity index is 1180. The number of ether oxygens (including phenoxy) is 1. The van der Waals surface area contributed by atoms with Crippen molar-refractivity contribution in [1.29, 1.82) is 0 Å². The first-order valence-corrected chi connectivity index (χ1v) is 10.5. The molecular formula is C23H28N4O5. The molecule has 9 heteroatoms. The molecule has 0 saturated carbocycles. The first-order valence-electron chi connectivity index (χ1n) is 10.5. The van der Waals surface area contributed by atoms with Crippen LogP contribution in [0.3, 0.4) is 0 Å². The van der Waals surface area contributed by atoms with Crippen molar-refractivity contribution in [3.63, 3.8) is 0 Å². The third-order valence-corrected chi connectivity index (χ3v) is 4.88. The average molecular weight is 441 g/mol. The maximum absolute atomic E-state index is 13.0. The largest absolute Gasteiger partial charge is 0.443 e. The number of aryl methyl sites for hydroxylation is 1. The Morgan fingerprint density at radius 1 is 1.12 bits per heavy atom. The fraction of sp³-hybridized carbons (Fsp3) is 0.391. The van der Waals surface area contributed by atoms with Crippen LogP contribution in [0.5, 0.6) is 0 Å². The summed E-state index contributed by atoms with van der Waals surface area (Å²) in [5.74, 6) is -0.795. The van der Waals surface area contributed by atoms with Crippen LogP contribution >= 0.6 is 0 Å². The molecule has 1 aromatic carbocycles. The van der Waals surface area contributed by atoms with E-state index in [1.165, 1.54) is 4.57 Å². The van der Waals surface area contributed by atoms with Crippen LogP contribution in [0.1, 0.15) is 56.2 Å². The Morgan fingerprint density at radius 3 is 2.53 bits per heavy atom. The number of hydrogen-bond acceptors (Lipinski definition) is 6. The van der Waals surface area contributed by atoms with Crippen molar-refractivity contribution in [1.82, 2.24) is 20.3 Å². The number of nitrogens with one attached hydrogen (secondary N) is 2. The van der Waals surface area contributed by atoms with E-state index in [0.29, 0.717) is 36.1 Å². The fourth-order valence-electron chi connectivity index (χ4n) is 3.54. The first kappa shape index (κ1) is 23.2. The molecule has 0 aliphatic carbocycles. The van der Waals surface area contributed by atoms with Gasteiger partial charge in [0.15, 0.2) is 0 Å². The minimum atomic E-state index is -0.659. The molecule has 3 N–H and O–H groups in total. The predicted molar refractivity (Wildman–Crippen MR) is 120 cm³/mol. The quantitative estimate of drug-likeness (QED) is 0.305. The van der Waals surface area contributed by atoms with E-state index in [9.17, 15) is 14.4 Å². The van der Waals surface area contributed by atoms with E-state index in [-0.39, 0.29) is 18.0 Å². The molecule has 2 heterocycles. The molecular weight excluding hydrogens is 412 g/mol. The molecule has 3 rings (SSSR count). The monoisotopic (exact) mass is 440 g/mol. The summed E-state index contributed by atoms with van der Waals surface area (Å²) in [6.45, 7) is 7.55. The van der Waals surface area contributed by atoms with Gasteiger partial charge in [-0.15, -0.1) is 0 Å². The molecule has 0 spiro atoms. The lowest BCUT2D eigenvalue weighted by Gasteiger charge is -2.20. The number of aromatic nitrogens is 2. The molecule has 0 saturated heterocycles. The summed E-state index contributed by atoms with van der Waals surface area (Å²) in [6, 6.07) is 9.13. The Labute approximate surface area is 185 Å². The van der Waals surface area contributed by atoms with Gasteiger partial charge in [0.05, 0.1) is 16.7 Å². The summed E-state index contributed by atoms with van der Waals surface area (Å²) in [7, 11) is 0. The number of hydrogen-bond donors (Lipinski definition) is 3. The number of rotatable bonds is 6. The van der Waals surface area contributed by atoms with Gasteiger partial charge in [-0.3, -0.25) is 14.8 Å². The Kier molecular flexibility index (Phi) is 6.78. The highest BCUT2D eigenvalue weighted by atomic mass is 16.6. The Hall–Kier alpha value is -3.46. The average Bonchev–Trinajstić information content (AvgIpc) is 3.07. The van der Waals surface area contributed by atoms with Crippen molar-refractivity contribution >= 4 is 39.7 Å². The highest BCUT2D eigenvalue weighted by Gasteiger charge is 2.24. The zero-order chi connectivity index (χ0) is 23.5. The van der Waals surface area contributed by atoms with Crippen LogP contribution in [-0.2, 0) is 9.53 Å². The molecule has 0 atom stereocenters. The van der Waals surface area contributed by atoms with Crippen LogP contribution in [0.15, 0.2) is 30.3 Å². The van der Waals surface area contributed by atoms with Gasteiger partial charge in [-0.05, 0) is 52.7 Å². The number of unbranched alkanes of at least 4 members (excludes halogenated alkanes) is 1. The molecule has 2 amide bonds. The molecule has 32 heavy (non-hydrogen) atoms. The number of para-hydroxylation sites is 1. The summed E-state index contributed by atoms with van der Waals surface area (Å²) >= 11 is 0. The normalized spacial score (nSPS) is 11.5. The van der Waals surface area contributed by atoms with Gasteiger partial charge < -0.3 is 10.1 Å². The van der Waals surface area contributed by atoms with Crippen molar-refractivity contribution in [2.75, 3.05) is 6.54 Å². The van der Waals surface area contributed by atoms with E-state index in [2.05, 4.69) is 10.3 Å². The van der Waals surface area contributed by atoms with Crippen LogP contribution < -0.4 is 10.8 Å². The minimum absolute atomic E-state index is 0.180. The standard InChI is InChI=1S/C23H28N4O5/c1-14-20-16(13-17(25-14)21(29)24-12-8-7-11-19(28)26-31)15-9-5-6-10-18(15)27(20)22(30)32-23(2,3)4/h5-6,9-10,13,31H,7-8,11-12H2,1-4H3,(H,24,29)(H,26,28). The van der Waals surface area contributed by atoms with Gasteiger partial charge in [0.1, 0.15) is 11.3 Å². The number of amides is 2. The molecule has 0 aliphatic heterocycles. The third-order valence-electron chi connectivity index (χ3n) is 4.88. The van der Waals surface area contributed by atoms with Crippen molar-refractivity contribution in [3.8, 4) is 0 Å². The fourth-order valence-corrected chi connectivity index (χ4v) is 3.54. The molecule has 3 aromatic rings. The van der Waals surface area contributed by atoms with Crippen LogP contribution in [0.4, 0.5) is 4.79 Å². The predicted octanol–water partition coefficient (Wildman–Crippen LogP) is 3.69. The molecule has 0 aliphatic rings. The van der Waals surface area contributed by atoms with Crippen LogP contribution in [0.25, 0.3) is 21.8 Å². The number of fused-ring (bicyclic) bond motifs is 3. The number of pyridine rings is 1. The third kappa shape index (κ3) is 5.05. The first-order chi connectivity index (χ1) is 15.1. The second-order valence-corrected chi connectivity index (χ2v) is 8.57. The molecule has 0 fully saturated rings. The molecule has 9 nitrogen and oxygen atoms in total. The summed E-state index contributed by atoms with van der Waals surface area (Å²) in [5, 5.41) is 12.9. The number of carbonyl (C=O) groups is 3. The maximum atomic E-state index is 13.0. The van der Waals surface area contributed by atoms with E-state index >= 15 is 0 Å². The van der Waals surface area contributed by atoms with E-state index in [0.717, 1.165) is 10.8 Å². The zero-order valence-electron chi connectivity index (χ0n) is 18.7. The van der Waals surface area contributed by atoms with E-state index in [1.54, 1.807) is 18.5 Å². The van der Waals surface area contributed by atoms with E-state index in [1.807, 2.05) is 45.0 Å². The van der Waals surface area contributed by atoms with Crippen LogP contribution in [-0.4, -0.2) is 44.8 Å². The molecule has 0 bridgehead atoms. The van der Waals surface area contributed by atoms with Gasteiger partial charge in [-0.2, -0.15) is 0 Å². The second kappa shape index (κ2) is 9.35. The van der Waals surface area contributed by atoms with Gasteiger partial charge >= 0.3 is 6.09 Å². The van der Waals surface area contributed by atoms with Gasteiger partial charge in [0, 0.05) is 23.7 Å². The van der Waals surface area contributed by atoms with Gasteiger partial charge in [0.2, 0.25) is 5.91 Å². The van der Waals surface area contributed by atoms with Crippen molar-refractivity contribution in [2.45, 2.75) is 52.6 Å². The minimum Gasteiger partial charge on any atom is -0.443 e. The summed E-state index contributed by atoms with van der Waals surface area (Å²) < 4.78 is 7.11. The van der Waals surface area contributed by atoms with E-state index < -0.39 is 17.6 Å². The zero-order valence-corrected chi connectivity index (χ0v) is 18.7. The number of carbonyl (C=O) groups excluding carboxylic acids is 3. The lowest BCUT2D eigenvalue weighted by atomic mass is 10.1. The van der Waals surface area contributed by atoms with Crippen molar-refractivity contribution in [2.24, 2.45) is 0 Å². The Morgan fingerprint density at radius 2 is 1.84 bits per heavy atom. The number of nitrogens with zero attached hydrogens (tertiary/aromatic N) is 2. The van der Waals surface area contributed by atoms with Crippen molar-refractivity contribution in [3.05, 3.63) is 41.7 Å². The summed E-state index contributed by atoms with van der Waals surface area (Å²) in [4.78, 5) is 41.1. The molecule has 0 radical (unpaired) electrons. The van der Waals surface area contributed by atoms with Crippen LogP contribution in [0.2, 0.25) is 0 Å². The lowest BCUT2D eigenvalue weighted by Crippen LogP contribution is -2.27. The maximum Gasteiger partial charge on any atom is 0.419 e. The summed E-state index contributed by atoms with van der Waals surface area (Å²) in [5.41, 5.74) is 2.99. The highest BCUT2D eigenvalue weighted by molar-refractivity contribution is 6.14. The van der Waals surface area contributed by atoms with Gasteiger partial charge in [0.25, 0.3) is 5.91 Å². The Balaban J connectivity index is 1.91. The number of hydroxylamine groups is 1. The van der Waals surface area contributed by atoms with Crippen molar-refractivity contribution < 1.29 is 24.3 Å². The van der Waals surface area contributed by atoms with Gasteiger partial charge in [-0.1, -0.05) is 18.2 Å². The van der Waals surface area contributed by atoms with E-state index in [4.69, 9.17) is 9.94 Å². The summed E-state index contributed by atoms with van der Waals surface area (Å²) in [6.07, 6.45) is 0.789. The number of benzene rings is 1. The SMILES string of the molecule is Cc1nc(C(=O)NCCCCC(=O)NO)cc2c3ccccc3n(C(=O)OC(C)(C)C)c12. The molecule has 2 aromatic heterocycles. The smallest absolute Gasteiger partial charge is 0.419 e. The topological polar surface area (TPSA) is 123 Å². The highest BCUT2D eigenvalue weighted by Crippen LogP contribution is 2.31. The van der Waals surface area contributed by atoms with Gasteiger partial charge in [-0.25, -0.2) is 19.8 Å². The lowest BCUT2D eigenvalue weighted by molar-refractivity contribution is -0.129. The van der Waals surface area contributed by atoms with Crippen LogP contribution in [0, 0.1) is 6.92 Å². The second-order valence-electron chi connectivity index (χ2n) is 8.57. The molecule has 170 valence electrons.